The maximum atomic E-state index is 12.1. The van der Waals surface area contributed by atoms with Crippen LogP contribution < -0.4 is 0 Å². The highest BCUT2D eigenvalue weighted by atomic mass is 32.2. The molecule has 88 valence electrons. The zero-order valence-corrected chi connectivity index (χ0v) is 11.1. The van der Waals surface area contributed by atoms with Crippen LogP contribution in [0.3, 0.4) is 0 Å². The van der Waals surface area contributed by atoms with E-state index in [1.54, 1.807) is 0 Å². The van der Waals surface area contributed by atoms with Gasteiger partial charge in [-0.2, -0.15) is 11.8 Å². The summed E-state index contributed by atoms with van der Waals surface area (Å²) >= 11 is 1.95. The molecule has 0 aromatic rings. The first kappa shape index (κ1) is 12.9. The van der Waals surface area contributed by atoms with Gasteiger partial charge in [0.25, 0.3) is 0 Å². The summed E-state index contributed by atoms with van der Waals surface area (Å²) in [6.45, 7) is 4.15. The highest BCUT2D eigenvalue weighted by Crippen LogP contribution is 2.31. The molecule has 15 heavy (non-hydrogen) atoms. The lowest BCUT2D eigenvalue weighted by Crippen LogP contribution is -2.39. The summed E-state index contributed by atoms with van der Waals surface area (Å²) in [7, 11) is 1.92. The van der Waals surface area contributed by atoms with Gasteiger partial charge in [0.2, 0.25) is 5.91 Å². The Morgan fingerprint density at radius 1 is 1.27 bits per heavy atom. The molecule has 0 aromatic carbocycles. The molecule has 0 bridgehead atoms. The van der Waals surface area contributed by atoms with Crippen molar-refractivity contribution >= 4 is 17.7 Å². The molecule has 0 heterocycles. The SMILES string of the molecule is CSC1CCC(C(=O)N(C)C(C)C)CC1. The minimum atomic E-state index is 0.292. The van der Waals surface area contributed by atoms with Gasteiger partial charge in [-0.3, -0.25) is 4.79 Å². The van der Waals surface area contributed by atoms with Crippen LogP contribution in [0.5, 0.6) is 0 Å². The predicted molar refractivity (Wildman–Crippen MR) is 67.2 cm³/mol. The Hall–Kier alpha value is -0.180. The van der Waals surface area contributed by atoms with Crippen LogP contribution in [-0.4, -0.2) is 35.4 Å². The van der Waals surface area contributed by atoms with Crippen molar-refractivity contribution in [3.05, 3.63) is 0 Å². The van der Waals surface area contributed by atoms with Crippen molar-refractivity contribution in [3.8, 4) is 0 Å². The van der Waals surface area contributed by atoms with Gasteiger partial charge in [0.05, 0.1) is 0 Å². The lowest BCUT2D eigenvalue weighted by atomic mass is 9.87. The third-order valence-corrected chi connectivity index (χ3v) is 4.62. The average Bonchev–Trinajstić information content (AvgIpc) is 2.27. The second kappa shape index (κ2) is 5.78. The lowest BCUT2D eigenvalue weighted by molar-refractivity contribution is -0.136. The molecule has 0 aromatic heterocycles. The lowest BCUT2D eigenvalue weighted by Gasteiger charge is -2.31. The molecule has 0 saturated heterocycles. The summed E-state index contributed by atoms with van der Waals surface area (Å²) in [5.74, 6) is 0.644. The molecule has 0 spiro atoms. The van der Waals surface area contributed by atoms with Crippen LogP contribution in [0.4, 0.5) is 0 Å². The van der Waals surface area contributed by atoms with Gasteiger partial charge in [0.15, 0.2) is 0 Å². The van der Waals surface area contributed by atoms with Crippen LogP contribution >= 0.6 is 11.8 Å². The molecule has 0 unspecified atom stereocenters. The van der Waals surface area contributed by atoms with Crippen LogP contribution in [-0.2, 0) is 4.79 Å². The van der Waals surface area contributed by atoms with E-state index in [2.05, 4.69) is 20.1 Å². The van der Waals surface area contributed by atoms with Crippen LogP contribution in [0.2, 0.25) is 0 Å². The first-order valence-electron chi connectivity index (χ1n) is 5.85. The number of thioether (sulfide) groups is 1. The van der Waals surface area contributed by atoms with E-state index in [4.69, 9.17) is 0 Å². The molecule has 1 aliphatic rings. The van der Waals surface area contributed by atoms with Gasteiger partial charge in [0.1, 0.15) is 0 Å². The van der Waals surface area contributed by atoms with E-state index in [9.17, 15) is 4.79 Å². The molecule has 1 rings (SSSR count). The van der Waals surface area contributed by atoms with E-state index in [-0.39, 0.29) is 0 Å². The fourth-order valence-corrected chi connectivity index (χ4v) is 2.83. The molecule has 3 heteroatoms. The van der Waals surface area contributed by atoms with Crippen LogP contribution in [0, 0.1) is 5.92 Å². The third-order valence-electron chi connectivity index (χ3n) is 3.48. The Kier molecular flexibility index (Phi) is 4.97. The number of carbonyl (C=O) groups excluding carboxylic acids is 1. The summed E-state index contributed by atoms with van der Waals surface area (Å²) in [4.78, 5) is 13.9. The molecule has 0 aliphatic heterocycles. The maximum absolute atomic E-state index is 12.1. The first-order valence-corrected chi connectivity index (χ1v) is 7.14. The Morgan fingerprint density at radius 3 is 2.20 bits per heavy atom. The molecule has 0 atom stereocenters. The zero-order valence-electron chi connectivity index (χ0n) is 10.3. The first-order chi connectivity index (χ1) is 7.06. The standard InChI is InChI=1S/C12H23NOS/c1-9(2)13(3)12(14)10-5-7-11(15-4)8-6-10/h9-11H,5-8H2,1-4H3. The molecule has 1 saturated carbocycles. The van der Waals surface area contributed by atoms with Crippen molar-refractivity contribution < 1.29 is 4.79 Å². The van der Waals surface area contributed by atoms with Gasteiger partial charge < -0.3 is 4.90 Å². The van der Waals surface area contributed by atoms with E-state index < -0.39 is 0 Å². The van der Waals surface area contributed by atoms with E-state index >= 15 is 0 Å². The molecule has 0 N–H and O–H groups in total. The Balaban J connectivity index is 2.42. The van der Waals surface area contributed by atoms with Crippen LogP contribution in [0.25, 0.3) is 0 Å². The largest absolute Gasteiger partial charge is 0.343 e. The highest BCUT2D eigenvalue weighted by molar-refractivity contribution is 7.99. The van der Waals surface area contributed by atoms with E-state index in [1.807, 2.05) is 23.7 Å². The Labute approximate surface area is 97.8 Å². The molecule has 1 fully saturated rings. The molecular weight excluding hydrogens is 206 g/mol. The second-order valence-electron chi connectivity index (χ2n) is 4.75. The van der Waals surface area contributed by atoms with Crippen molar-refractivity contribution in [1.29, 1.82) is 0 Å². The molecule has 0 radical (unpaired) electrons. The summed E-state index contributed by atoms with van der Waals surface area (Å²) in [6, 6.07) is 0.329. The minimum absolute atomic E-state index is 0.292. The maximum Gasteiger partial charge on any atom is 0.225 e. The van der Waals surface area contributed by atoms with Crippen molar-refractivity contribution in [2.45, 2.75) is 50.8 Å². The van der Waals surface area contributed by atoms with Gasteiger partial charge >= 0.3 is 0 Å². The average molecular weight is 229 g/mol. The zero-order chi connectivity index (χ0) is 11.4. The number of rotatable bonds is 3. The van der Waals surface area contributed by atoms with Crippen molar-refractivity contribution in [2.75, 3.05) is 13.3 Å². The minimum Gasteiger partial charge on any atom is -0.343 e. The molecular formula is C12H23NOS. The van der Waals surface area contributed by atoms with Crippen LogP contribution in [0.15, 0.2) is 0 Å². The normalized spacial score (nSPS) is 26.7. The van der Waals surface area contributed by atoms with Crippen molar-refractivity contribution in [1.82, 2.24) is 4.90 Å². The fraction of sp³-hybridized carbons (Fsp3) is 0.917. The molecule has 2 nitrogen and oxygen atoms in total. The number of hydrogen-bond donors (Lipinski definition) is 0. The smallest absolute Gasteiger partial charge is 0.225 e. The van der Waals surface area contributed by atoms with Crippen molar-refractivity contribution in [2.24, 2.45) is 5.92 Å². The number of amides is 1. The molecule has 1 amide bonds. The number of nitrogens with zero attached hydrogens (tertiary/aromatic N) is 1. The summed E-state index contributed by atoms with van der Waals surface area (Å²) in [6.07, 6.45) is 6.77. The third kappa shape index (κ3) is 3.40. The van der Waals surface area contributed by atoms with Gasteiger partial charge in [-0.1, -0.05) is 0 Å². The van der Waals surface area contributed by atoms with E-state index in [0.29, 0.717) is 17.9 Å². The summed E-state index contributed by atoms with van der Waals surface area (Å²) in [5, 5.41) is 0.790. The quantitative estimate of drug-likeness (QED) is 0.741. The second-order valence-corrected chi connectivity index (χ2v) is 5.89. The number of hydrogen-bond acceptors (Lipinski definition) is 2. The predicted octanol–water partition coefficient (Wildman–Crippen LogP) is 2.78. The van der Waals surface area contributed by atoms with Gasteiger partial charge in [-0.25, -0.2) is 0 Å². The number of carbonyl (C=O) groups is 1. The van der Waals surface area contributed by atoms with Gasteiger partial charge in [-0.15, -0.1) is 0 Å². The summed E-state index contributed by atoms with van der Waals surface area (Å²) in [5.41, 5.74) is 0. The topological polar surface area (TPSA) is 20.3 Å². The Bertz CT molecular complexity index is 210. The van der Waals surface area contributed by atoms with E-state index in [0.717, 1.165) is 18.1 Å². The summed E-state index contributed by atoms with van der Waals surface area (Å²) < 4.78 is 0. The van der Waals surface area contributed by atoms with Crippen molar-refractivity contribution in [3.63, 3.8) is 0 Å². The van der Waals surface area contributed by atoms with Gasteiger partial charge in [0, 0.05) is 24.3 Å². The highest BCUT2D eigenvalue weighted by Gasteiger charge is 2.28. The fourth-order valence-electron chi connectivity index (χ4n) is 2.09. The monoisotopic (exact) mass is 229 g/mol. The van der Waals surface area contributed by atoms with E-state index in [1.165, 1.54) is 12.8 Å². The van der Waals surface area contributed by atoms with Crippen LogP contribution in [0.1, 0.15) is 39.5 Å². The molecule has 1 aliphatic carbocycles. The van der Waals surface area contributed by atoms with Gasteiger partial charge in [-0.05, 0) is 45.8 Å². The Morgan fingerprint density at radius 2 is 1.80 bits per heavy atom.